The molecule has 3 nitrogen and oxygen atoms in total. The van der Waals surface area contributed by atoms with E-state index in [0.717, 1.165) is 31.5 Å². The molecule has 0 aromatic heterocycles. The maximum atomic E-state index is 12.3. The summed E-state index contributed by atoms with van der Waals surface area (Å²) in [7, 11) is 0. The fourth-order valence-electron chi connectivity index (χ4n) is 2.28. The number of amides is 1. The van der Waals surface area contributed by atoms with Gasteiger partial charge in [0.2, 0.25) is 0 Å². The summed E-state index contributed by atoms with van der Waals surface area (Å²) in [6.45, 7) is 1.48. The van der Waals surface area contributed by atoms with E-state index < -0.39 is 0 Å². The van der Waals surface area contributed by atoms with E-state index in [0.29, 0.717) is 4.99 Å². The summed E-state index contributed by atoms with van der Waals surface area (Å²) < 4.78 is 0. The van der Waals surface area contributed by atoms with Crippen LogP contribution in [0, 0.1) is 5.92 Å². The summed E-state index contributed by atoms with van der Waals surface area (Å²) in [6.07, 6.45) is 3.78. The molecule has 1 aromatic rings. The Morgan fingerprint density at radius 2 is 1.89 bits per heavy atom. The minimum absolute atomic E-state index is 0.106. The van der Waals surface area contributed by atoms with E-state index in [-0.39, 0.29) is 11.8 Å². The third kappa shape index (κ3) is 3.48. The van der Waals surface area contributed by atoms with Gasteiger partial charge in [-0.1, -0.05) is 12.2 Å². The first kappa shape index (κ1) is 14.3. The van der Waals surface area contributed by atoms with Gasteiger partial charge < -0.3 is 10.6 Å². The summed E-state index contributed by atoms with van der Waals surface area (Å²) in [4.78, 5) is 16.0. The number of benzene rings is 1. The zero-order valence-corrected chi connectivity index (χ0v) is 12.6. The SMILES string of the molecule is CSc1ccc(C(=O)N2CCC(C(N)=S)CC2)cc1. The number of piperidine rings is 1. The van der Waals surface area contributed by atoms with Gasteiger partial charge in [0.15, 0.2) is 0 Å². The summed E-state index contributed by atoms with van der Waals surface area (Å²) in [5.74, 6) is 0.395. The standard InChI is InChI=1S/C14H18N2OS2/c1-19-12-4-2-11(3-5-12)14(17)16-8-6-10(7-9-16)13(15)18/h2-5,10H,6-9H2,1H3,(H2,15,18). The van der Waals surface area contributed by atoms with Gasteiger partial charge in [-0.25, -0.2) is 0 Å². The second-order valence-electron chi connectivity index (χ2n) is 4.70. The van der Waals surface area contributed by atoms with Crippen molar-refractivity contribution in [2.75, 3.05) is 19.3 Å². The minimum Gasteiger partial charge on any atom is -0.393 e. The van der Waals surface area contributed by atoms with Crippen LogP contribution in [0.3, 0.4) is 0 Å². The van der Waals surface area contributed by atoms with E-state index in [4.69, 9.17) is 18.0 Å². The number of nitrogens with zero attached hydrogens (tertiary/aromatic N) is 1. The molecule has 1 amide bonds. The quantitative estimate of drug-likeness (QED) is 0.687. The molecule has 0 atom stereocenters. The lowest BCUT2D eigenvalue weighted by Crippen LogP contribution is -2.41. The number of thioether (sulfide) groups is 1. The average Bonchev–Trinajstić information content (AvgIpc) is 2.46. The molecule has 1 aromatic carbocycles. The van der Waals surface area contributed by atoms with E-state index in [1.165, 1.54) is 4.90 Å². The van der Waals surface area contributed by atoms with Gasteiger partial charge >= 0.3 is 0 Å². The molecule has 1 fully saturated rings. The first-order valence-electron chi connectivity index (χ1n) is 6.34. The number of rotatable bonds is 3. The number of hydrogen-bond acceptors (Lipinski definition) is 3. The van der Waals surface area contributed by atoms with Crippen molar-refractivity contribution in [2.45, 2.75) is 17.7 Å². The van der Waals surface area contributed by atoms with E-state index in [1.807, 2.05) is 35.4 Å². The van der Waals surface area contributed by atoms with Gasteiger partial charge in [-0.2, -0.15) is 0 Å². The third-order valence-corrected chi connectivity index (χ3v) is 4.60. The molecule has 0 aliphatic carbocycles. The Hall–Kier alpha value is -1.07. The second-order valence-corrected chi connectivity index (χ2v) is 6.05. The zero-order chi connectivity index (χ0) is 13.8. The molecule has 1 heterocycles. The maximum absolute atomic E-state index is 12.3. The molecule has 102 valence electrons. The predicted octanol–water partition coefficient (Wildman–Crippen LogP) is 2.55. The lowest BCUT2D eigenvalue weighted by molar-refractivity contribution is 0.0710. The lowest BCUT2D eigenvalue weighted by Gasteiger charge is -2.31. The van der Waals surface area contributed by atoms with Crippen molar-refractivity contribution in [3.63, 3.8) is 0 Å². The van der Waals surface area contributed by atoms with E-state index in [1.54, 1.807) is 11.8 Å². The van der Waals surface area contributed by atoms with Crippen molar-refractivity contribution in [1.82, 2.24) is 4.90 Å². The Bertz CT molecular complexity index is 465. The molecule has 2 N–H and O–H groups in total. The fraction of sp³-hybridized carbons (Fsp3) is 0.429. The van der Waals surface area contributed by atoms with Crippen molar-refractivity contribution in [3.05, 3.63) is 29.8 Å². The number of carbonyl (C=O) groups excluding carboxylic acids is 1. The molecule has 2 rings (SSSR count). The molecule has 0 radical (unpaired) electrons. The largest absolute Gasteiger partial charge is 0.393 e. The summed E-state index contributed by atoms with van der Waals surface area (Å²) in [5, 5.41) is 0. The molecular formula is C14H18N2OS2. The molecule has 1 aliphatic rings. The van der Waals surface area contributed by atoms with Crippen LogP contribution < -0.4 is 5.73 Å². The van der Waals surface area contributed by atoms with Crippen LogP contribution in [0.5, 0.6) is 0 Å². The summed E-state index contributed by atoms with van der Waals surface area (Å²) in [5.41, 5.74) is 6.41. The van der Waals surface area contributed by atoms with Gasteiger partial charge in [-0.05, 0) is 43.4 Å². The number of nitrogens with two attached hydrogens (primary N) is 1. The third-order valence-electron chi connectivity index (χ3n) is 3.52. The van der Waals surface area contributed by atoms with Gasteiger partial charge in [0.25, 0.3) is 5.91 Å². The molecule has 0 bridgehead atoms. The number of thiocarbonyl (C=S) groups is 1. The molecule has 0 unspecified atom stereocenters. The molecule has 1 aliphatic heterocycles. The monoisotopic (exact) mass is 294 g/mol. The molecule has 0 spiro atoms. The van der Waals surface area contributed by atoms with E-state index in [2.05, 4.69) is 0 Å². The molecular weight excluding hydrogens is 276 g/mol. The van der Waals surface area contributed by atoms with Crippen LogP contribution in [0.1, 0.15) is 23.2 Å². The van der Waals surface area contributed by atoms with Crippen LogP contribution in [0.4, 0.5) is 0 Å². The van der Waals surface area contributed by atoms with Gasteiger partial charge in [-0.15, -0.1) is 11.8 Å². The Labute approximate surface area is 123 Å². The van der Waals surface area contributed by atoms with Crippen molar-refractivity contribution >= 4 is 34.9 Å². The van der Waals surface area contributed by atoms with Crippen LogP contribution in [0.15, 0.2) is 29.2 Å². The Kier molecular flexibility index (Phi) is 4.82. The van der Waals surface area contributed by atoms with Gasteiger partial charge in [0.05, 0.1) is 4.99 Å². The Morgan fingerprint density at radius 3 is 2.37 bits per heavy atom. The zero-order valence-electron chi connectivity index (χ0n) is 11.0. The van der Waals surface area contributed by atoms with Crippen molar-refractivity contribution < 1.29 is 4.79 Å². The van der Waals surface area contributed by atoms with Crippen LogP contribution in [-0.2, 0) is 0 Å². The van der Waals surface area contributed by atoms with Crippen molar-refractivity contribution in [3.8, 4) is 0 Å². The average molecular weight is 294 g/mol. The number of hydrogen-bond donors (Lipinski definition) is 1. The van der Waals surface area contributed by atoms with Crippen LogP contribution in [0.25, 0.3) is 0 Å². The maximum Gasteiger partial charge on any atom is 0.253 e. The van der Waals surface area contributed by atoms with Crippen LogP contribution in [0.2, 0.25) is 0 Å². The Morgan fingerprint density at radius 1 is 1.32 bits per heavy atom. The highest BCUT2D eigenvalue weighted by molar-refractivity contribution is 7.98. The van der Waals surface area contributed by atoms with Crippen molar-refractivity contribution in [1.29, 1.82) is 0 Å². The molecule has 19 heavy (non-hydrogen) atoms. The normalized spacial score (nSPS) is 16.4. The first-order valence-corrected chi connectivity index (χ1v) is 7.97. The smallest absolute Gasteiger partial charge is 0.253 e. The fourth-order valence-corrected chi connectivity index (χ4v) is 2.93. The predicted molar refractivity (Wildman–Crippen MR) is 83.6 cm³/mol. The topological polar surface area (TPSA) is 46.3 Å². The summed E-state index contributed by atoms with van der Waals surface area (Å²) >= 11 is 6.69. The van der Waals surface area contributed by atoms with Crippen molar-refractivity contribution in [2.24, 2.45) is 11.7 Å². The lowest BCUT2D eigenvalue weighted by atomic mass is 9.96. The highest BCUT2D eigenvalue weighted by atomic mass is 32.2. The Balaban J connectivity index is 1.98. The highest BCUT2D eigenvalue weighted by Crippen LogP contribution is 2.20. The van der Waals surface area contributed by atoms with Gasteiger partial charge in [0, 0.05) is 29.5 Å². The molecule has 5 heteroatoms. The van der Waals surface area contributed by atoms with Gasteiger partial charge in [-0.3, -0.25) is 4.79 Å². The number of carbonyl (C=O) groups is 1. The number of likely N-dealkylation sites (tertiary alicyclic amines) is 1. The molecule has 1 saturated heterocycles. The first-order chi connectivity index (χ1) is 9.11. The minimum atomic E-state index is 0.106. The molecule has 0 saturated carbocycles. The second kappa shape index (κ2) is 6.39. The van der Waals surface area contributed by atoms with Crippen LogP contribution in [-0.4, -0.2) is 35.1 Å². The van der Waals surface area contributed by atoms with E-state index in [9.17, 15) is 4.79 Å². The summed E-state index contributed by atoms with van der Waals surface area (Å²) in [6, 6.07) is 7.76. The van der Waals surface area contributed by atoms with E-state index >= 15 is 0 Å². The highest BCUT2D eigenvalue weighted by Gasteiger charge is 2.24. The van der Waals surface area contributed by atoms with Gasteiger partial charge in [0.1, 0.15) is 0 Å². The van der Waals surface area contributed by atoms with Crippen LogP contribution >= 0.6 is 24.0 Å².